The Balaban J connectivity index is 4.99. The van der Waals surface area contributed by atoms with Gasteiger partial charge < -0.3 is 19.4 Å². The van der Waals surface area contributed by atoms with Gasteiger partial charge in [-0.1, -0.05) is 316 Å². The van der Waals surface area contributed by atoms with Crippen LogP contribution < -0.4 is 5.32 Å². The van der Waals surface area contributed by atoms with Gasteiger partial charge in [-0.3, -0.25) is 18.6 Å². The first-order valence-corrected chi connectivity index (χ1v) is 35.0. The van der Waals surface area contributed by atoms with Gasteiger partial charge in [-0.05, 0) is 31.8 Å². The van der Waals surface area contributed by atoms with Crippen LogP contribution in [0.25, 0.3) is 0 Å². The van der Waals surface area contributed by atoms with Crippen LogP contribution in [0.4, 0.5) is 0 Å². The molecule has 0 radical (unpaired) electrons. The number of unbranched alkanes of at least 4 members (excludes halogenated alkanes) is 46. The standard InChI is InChI=1S/C66H131N2O7P/c1-7-10-13-16-19-22-25-28-29-30-31-32-33-34-35-36-37-38-39-41-43-46-49-52-55-58-65(69)67-63(62-74-76(71,72)73-61-60-68(4,5)6)64(57-54-51-48-45-42-27-24-21-18-15-12-9-3)75-66(70)59-56-53-50-47-44-40-26-23-20-17-14-11-8-2/h54,57,63-64H,7-53,55-56,58-62H2,1-6H3,(H-,67,69,71,72)/p+1/b57-54-. The van der Waals surface area contributed by atoms with E-state index in [1.165, 1.54) is 257 Å². The first-order chi connectivity index (χ1) is 36.9. The van der Waals surface area contributed by atoms with Gasteiger partial charge in [0, 0.05) is 12.8 Å². The summed E-state index contributed by atoms with van der Waals surface area (Å²) in [5, 5.41) is 3.07. The lowest BCUT2D eigenvalue weighted by Crippen LogP contribution is -2.47. The Morgan fingerprint density at radius 3 is 1.08 bits per heavy atom. The molecule has 2 N–H and O–H groups in total. The zero-order valence-corrected chi connectivity index (χ0v) is 52.7. The minimum Gasteiger partial charge on any atom is -0.456 e. The molecule has 0 aromatic rings. The number of carbonyl (C=O) groups is 2. The molecule has 0 saturated heterocycles. The van der Waals surface area contributed by atoms with Crippen molar-refractivity contribution in [1.82, 2.24) is 5.32 Å². The molecule has 0 bridgehead atoms. The van der Waals surface area contributed by atoms with Crippen LogP contribution in [-0.2, 0) is 27.9 Å². The fourth-order valence-electron chi connectivity index (χ4n) is 10.3. The second kappa shape index (κ2) is 57.0. The number of nitrogens with zero attached hydrogens (tertiary/aromatic N) is 1. The third kappa shape index (κ3) is 57.4. The summed E-state index contributed by atoms with van der Waals surface area (Å²) < 4.78 is 30.7. The van der Waals surface area contributed by atoms with E-state index in [1.54, 1.807) is 0 Å². The molecule has 76 heavy (non-hydrogen) atoms. The smallest absolute Gasteiger partial charge is 0.456 e. The summed E-state index contributed by atoms with van der Waals surface area (Å²) in [6.45, 7) is 7.07. The van der Waals surface area contributed by atoms with Crippen molar-refractivity contribution in [2.24, 2.45) is 0 Å². The number of esters is 1. The summed E-state index contributed by atoms with van der Waals surface area (Å²) in [5.41, 5.74) is 0. The number of likely N-dealkylation sites (N-methyl/N-ethyl adjacent to an activating group) is 1. The van der Waals surface area contributed by atoms with Crippen LogP contribution in [-0.4, -0.2) is 74.3 Å². The monoisotopic (exact) mass is 1100 g/mol. The van der Waals surface area contributed by atoms with Crippen molar-refractivity contribution >= 4 is 19.7 Å². The molecular weight excluding hydrogens is 964 g/mol. The number of ether oxygens (including phenoxy) is 1. The number of carbonyl (C=O) groups excluding carboxylic acids is 2. The van der Waals surface area contributed by atoms with Crippen molar-refractivity contribution in [3.63, 3.8) is 0 Å². The van der Waals surface area contributed by atoms with E-state index in [9.17, 15) is 19.0 Å². The van der Waals surface area contributed by atoms with Crippen molar-refractivity contribution in [2.45, 2.75) is 360 Å². The number of nitrogens with one attached hydrogen (secondary N) is 1. The van der Waals surface area contributed by atoms with Gasteiger partial charge in [0.05, 0.1) is 33.8 Å². The van der Waals surface area contributed by atoms with Crippen molar-refractivity contribution in [3.05, 3.63) is 12.2 Å². The molecule has 0 fully saturated rings. The Bertz CT molecular complexity index is 1310. The lowest BCUT2D eigenvalue weighted by molar-refractivity contribution is -0.870. The van der Waals surface area contributed by atoms with Gasteiger partial charge in [-0.15, -0.1) is 0 Å². The molecule has 0 rings (SSSR count). The Kier molecular flexibility index (Phi) is 56.1. The molecule has 0 heterocycles. The average molecular weight is 1100 g/mol. The van der Waals surface area contributed by atoms with Crippen LogP contribution in [0.5, 0.6) is 0 Å². The maximum atomic E-state index is 13.6. The maximum Gasteiger partial charge on any atom is 0.472 e. The van der Waals surface area contributed by atoms with Gasteiger partial charge in [0.2, 0.25) is 5.91 Å². The molecule has 452 valence electrons. The van der Waals surface area contributed by atoms with Crippen molar-refractivity contribution < 1.29 is 37.3 Å². The van der Waals surface area contributed by atoms with E-state index in [2.05, 4.69) is 26.1 Å². The summed E-state index contributed by atoms with van der Waals surface area (Å²) in [5.74, 6) is -0.482. The maximum absolute atomic E-state index is 13.6. The van der Waals surface area contributed by atoms with Crippen molar-refractivity contribution in [2.75, 3.05) is 40.9 Å². The molecule has 0 saturated carbocycles. The Labute approximate surface area is 473 Å². The minimum absolute atomic E-state index is 0.0458. The number of hydrogen-bond donors (Lipinski definition) is 2. The summed E-state index contributed by atoms with van der Waals surface area (Å²) in [4.78, 5) is 37.7. The number of allylic oxidation sites excluding steroid dienone is 1. The highest BCUT2D eigenvalue weighted by molar-refractivity contribution is 7.47. The molecule has 0 aliphatic heterocycles. The molecule has 9 nitrogen and oxygen atoms in total. The van der Waals surface area contributed by atoms with Gasteiger partial charge in [-0.25, -0.2) is 4.57 Å². The first-order valence-electron chi connectivity index (χ1n) is 33.5. The summed E-state index contributed by atoms with van der Waals surface area (Å²) in [6, 6.07) is -0.839. The highest BCUT2D eigenvalue weighted by Gasteiger charge is 2.30. The fourth-order valence-corrected chi connectivity index (χ4v) is 11.0. The third-order valence-electron chi connectivity index (χ3n) is 15.5. The van der Waals surface area contributed by atoms with Gasteiger partial charge in [0.25, 0.3) is 0 Å². The normalized spacial score (nSPS) is 13.6. The zero-order chi connectivity index (χ0) is 55.7. The molecule has 0 aromatic carbocycles. The van der Waals surface area contributed by atoms with E-state index in [-0.39, 0.29) is 25.1 Å². The zero-order valence-electron chi connectivity index (χ0n) is 51.8. The molecular formula is C66H132N2O7P+. The van der Waals surface area contributed by atoms with Crippen LogP contribution in [0, 0.1) is 0 Å². The van der Waals surface area contributed by atoms with Crippen LogP contribution in [0.1, 0.15) is 348 Å². The van der Waals surface area contributed by atoms with Crippen LogP contribution in [0.3, 0.4) is 0 Å². The predicted octanol–water partition coefficient (Wildman–Crippen LogP) is 20.7. The Hall–Kier alpha value is -1.25. The lowest BCUT2D eigenvalue weighted by atomic mass is 10.0. The third-order valence-corrected chi connectivity index (χ3v) is 16.5. The summed E-state index contributed by atoms with van der Waals surface area (Å²) in [6.07, 6.45) is 66.5. The predicted molar refractivity (Wildman–Crippen MR) is 328 cm³/mol. The average Bonchev–Trinajstić information content (AvgIpc) is 3.38. The highest BCUT2D eigenvalue weighted by atomic mass is 31.2. The van der Waals surface area contributed by atoms with Gasteiger partial charge in [0.15, 0.2) is 0 Å². The summed E-state index contributed by atoms with van der Waals surface area (Å²) in [7, 11) is 1.52. The molecule has 0 aliphatic carbocycles. The van der Waals surface area contributed by atoms with Gasteiger partial charge in [0.1, 0.15) is 19.3 Å². The van der Waals surface area contributed by atoms with E-state index in [0.717, 1.165) is 57.8 Å². The highest BCUT2D eigenvalue weighted by Crippen LogP contribution is 2.43. The van der Waals surface area contributed by atoms with Crippen LogP contribution in [0.2, 0.25) is 0 Å². The number of amides is 1. The Morgan fingerprint density at radius 1 is 0.447 bits per heavy atom. The topological polar surface area (TPSA) is 111 Å². The number of phosphoric acid groups is 1. The number of quaternary nitrogens is 1. The lowest BCUT2D eigenvalue weighted by Gasteiger charge is -2.27. The quantitative estimate of drug-likeness (QED) is 0.0205. The van der Waals surface area contributed by atoms with Gasteiger partial charge in [-0.2, -0.15) is 0 Å². The molecule has 0 aromatic heterocycles. The van der Waals surface area contributed by atoms with E-state index in [1.807, 2.05) is 33.3 Å². The second-order valence-corrected chi connectivity index (χ2v) is 25.8. The molecule has 1 amide bonds. The number of hydrogen-bond acceptors (Lipinski definition) is 6. The molecule has 0 aliphatic rings. The largest absolute Gasteiger partial charge is 0.472 e. The SMILES string of the molecule is CCCCCCCCCCCC/C=C\C(OC(=O)CCCCCCCCCCCCCCC)C(COP(=O)(O)OCC[N+](C)(C)C)NC(=O)CCCCCCCCCCCCCCCCCCCCCCCCCCC. The fraction of sp³-hybridized carbons (Fsp3) is 0.939. The summed E-state index contributed by atoms with van der Waals surface area (Å²) >= 11 is 0. The minimum atomic E-state index is -4.44. The van der Waals surface area contributed by atoms with Crippen LogP contribution in [0.15, 0.2) is 12.2 Å². The van der Waals surface area contributed by atoms with E-state index in [4.69, 9.17) is 13.8 Å². The van der Waals surface area contributed by atoms with Crippen LogP contribution >= 0.6 is 7.82 Å². The molecule has 3 atom stereocenters. The molecule has 3 unspecified atom stereocenters. The van der Waals surface area contributed by atoms with Crippen molar-refractivity contribution in [1.29, 1.82) is 0 Å². The molecule has 0 spiro atoms. The molecule has 10 heteroatoms. The second-order valence-electron chi connectivity index (χ2n) is 24.4. The van der Waals surface area contributed by atoms with Crippen molar-refractivity contribution in [3.8, 4) is 0 Å². The van der Waals surface area contributed by atoms with E-state index in [0.29, 0.717) is 23.9 Å². The first kappa shape index (κ1) is 74.8. The Morgan fingerprint density at radius 2 is 0.750 bits per heavy atom. The number of rotatable bonds is 62. The van der Waals surface area contributed by atoms with Gasteiger partial charge >= 0.3 is 13.8 Å². The number of phosphoric ester groups is 1. The van der Waals surface area contributed by atoms with E-state index < -0.39 is 20.0 Å². The van der Waals surface area contributed by atoms with E-state index >= 15 is 0 Å².